The molecule has 0 spiro atoms. The van der Waals surface area contributed by atoms with Gasteiger partial charge in [0.1, 0.15) is 0 Å². The summed E-state index contributed by atoms with van der Waals surface area (Å²) in [5, 5.41) is 11.6. The number of hydrogen-bond donors (Lipinski definition) is 1. The summed E-state index contributed by atoms with van der Waals surface area (Å²) in [5.41, 5.74) is -0.109. The third-order valence-electron chi connectivity index (χ3n) is 2.15. The lowest BCUT2D eigenvalue weighted by Gasteiger charge is -2.37. The molecule has 3 heteroatoms. The van der Waals surface area contributed by atoms with Crippen LogP contribution < -0.4 is 0 Å². The third kappa shape index (κ3) is 1.10. The van der Waals surface area contributed by atoms with E-state index in [-0.39, 0.29) is 12.0 Å². The number of rotatable bonds is 3. The monoisotopic (exact) mass is 129 g/mol. The van der Waals surface area contributed by atoms with Gasteiger partial charge >= 0.3 is 0 Å². The summed E-state index contributed by atoms with van der Waals surface area (Å²) in [6.45, 7) is 0.419. The van der Waals surface area contributed by atoms with Crippen LogP contribution in [0.5, 0.6) is 0 Å². The molecule has 52 valence electrons. The van der Waals surface area contributed by atoms with Crippen LogP contribution in [0.25, 0.3) is 0 Å². The van der Waals surface area contributed by atoms with Crippen molar-refractivity contribution in [3.8, 4) is 0 Å². The normalized spacial score (nSPS) is 22.8. The summed E-state index contributed by atoms with van der Waals surface area (Å²) in [4.78, 5) is 9.81. The Bertz CT molecular complexity index is 104. The first-order valence-corrected chi connectivity index (χ1v) is 3.23. The smallest absolute Gasteiger partial charge is 0.0889 e. The molecule has 1 rings (SSSR count). The maximum Gasteiger partial charge on any atom is 0.0889 e. The number of nitroso groups, excluding NO2 is 1. The number of nitrogens with zero attached hydrogens (tertiary/aromatic N) is 1. The van der Waals surface area contributed by atoms with Gasteiger partial charge in [0.15, 0.2) is 0 Å². The second-order valence-corrected chi connectivity index (χ2v) is 2.80. The van der Waals surface area contributed by atoms with Crippen LogP contribution in [0.1, 0.15) is 19.3 Å². The Morgan fingerprint density at radius 2 is 2.22 bits per heavy atom. The van der Waals surface area contributed by atoms with Gasteiger partial charge < -0.3 is 5.11 Å². The van der Waals surface area contributed by atoms with E-state index in [2.05, 4.69) is 5.18 Å². The molecule has 0 saturated heterocycles. The van der Waals surface area contributed by atoms with E-state index in [1.54, 1.807) is 0 Å². The quantitative estimate of drug-likeness (QED) is 0.576. The molecule has 0 aromatic rings. The van der Waals surface area contributed by atoms with Crippen LogP contribution >= 0.6 is 0 Å². The van der Waals surface area contributed by atoms with Gasteiger partial charge in [-0.15, -0.1) is 0 Å². The van der Waals surface area contributed by atoms with Crippen molar-refractivity contribution in [3.05, 3.63) is 4.91 Å². The zero-order chi connectivity index (χ0) is 6.74. The van der Waals surface area contributed by atoms with E-state index < -0.39 is 0 Å². The Balaban J connectivity index is 2.36. The van der Waals surface area contributed by atoms with Crippen LogP contribution in [0.4, 0.5) is 0 Å². The lowest BCUT2D eigenvalue weighted by molar-refractivity contribution is 0.0537. The molecule has 0 bridgehead atoms. The van der Waals surface area contributed by atoms with E-state index >= 15 is 0 Å². The fourth-order valence-electron chi connectivity index (χ4n) is 1.18. The largest absolute Gasteiger partial charge is 0.396 e. The molecule has 1 aliphatic rings. The molecule has 0 aliphatic heterocycles. The zero-order valence-corrected chi connectivity index (χ0v) is 5.34. The van der Waals surface area contributed by atoms with Gasteiger partial charge in [0.2, 0.25) is 0 Å². The highest BCUT2D eigenvalue weighted by molar-refractivity contribution is 4.88. The second-order valence-electron chi connectivity index (χ2n) is 2.80. The zero-order valence-electron chi connectivity index (χ0n) is 5.34. The molecule has 0 aromatic carbocycles. The van der Waals surface area contributed by atoms with Crippen molar-refractivity contribution in [3.63, 3.8) is 0 Å². The van der Waals surface area contributed by atoms with Crippen LogP contribution in [0, 0.1) is 10.3 Å². The van der Waals surface area contributed by atoms with Gasteiger partial charge in [0.05, 0.1) is 13.2 Å². The number of hydrogen-bond acceptors (Lipinski definition) is 3. The van der Waals surface area contributed by atoms with Gasteiger partial charge in [0.25, 0.3) is 0 Å². The fraction of sp³-hybridized carbons (Fsp3) is 1.00. The van der Waals surface area contributed by atoms with Crippen LogP contribution in [0.3, 0.4) is 0 Å². The van der Waals surface area contributed by atoms with Crippen LogP contribution in [-0.4, -0.2) is 18.3 Å². The molecule has 0 unspecified atom stereocenters. The molecule has 1 aliphatic carbocycles. The third-order valence-corrected chi connectivity index (χ3v) is 2.15. The highest BCUT2D eigenvalue weighted by Gasteiger charge is 2.36. The molecular weight excluding hydrogens is 118 g/mol. The average Bonchev–Trinajstić information content (AvgIpc) is 1.79. The van der Waals surface area contributed by atoms with E-state index in [4.69, 9.17) is 5.11 Å². The van der Waals surface area contributed by atoms with Crippen molar-refractivity contribution in [1.29, 1.82) is 0 Å². The fourth-order valence-corrected chi connectivity index (χ4v) is 1.18. The van der Waals surface area contributed by atoms with Crippen LogP contribution in [0.2, 0.25) is 0 Å². The predicted octanol–water partition coefficient (Wildman–Crippen LogP) is 0.915. The minimum absolute atomic E-state index is 0.109. The summed E-state index contributed by atoms with van der Waals surface area (Å²) < 4.78 is 0. The maximum atomic E-state index is 9.81. The summed E-state index contributed by atoms with van der Waals surface area (Å²) in [5.74, 6) is 0. The molecule has 3 nitrogen and oxygen atoms in total. The maximum absolute atomic E-state index is 9.81. The standard InChI is InChI=1S/C6H11NO2/c8-5-6(4-7-9)2-1-3-6/h8H,1-5H2. The minimum atomic E-state index is -0.109. The Morgan fingerprint density at radius 3 is 2.33 bits per heavy atom. The minimum Gasteiger partial charge on any atom is -0.396 e. The Kier molecular flexibility index (Phi) is 1.81. The Morgan fingerprint density at radius 1 is 1.56 bits per heavy atom. The van der Waals surface area contributed by atoms with Gasteiger partial charge in [-0.3, -0.25) is 0 Å². The van der Waals surface area contributed by atoms with Crippen molar-refractivity contribution < 1.29 is 5.11 Å². The first-order chi connectivity index (χ1) is 4.33. The van der Waals surface area contributed by atoms with Crippen molar-refractivity contribution in [2.75, 3.05) is 13.2 Å². The first-order valence-electron chi connectivity index (χ1n) is 3.23. The van der Waals surface area contributed by atoms with Crippen molar-refractivity contribution >= 4 is 0 Å². The molecule has 1 N–H and O–H groups in total. The number of aliphatic hydroxyl groups is 1. The highest BCUT2D eigenvalue weighted by atomic mass is 16.3. The van der Waals surface area contributed by atoms with E-state index in [0.29, 0.717) is 6.54 Å². The Labute approximate surface area is 54.0 Å². The van der Waals surface area contributed by atoms with Gasteiger partial charge in [-0.2, -0.15) is 4.91 Å². The summed E-state index contributed by atoms with van der Waals surface area (Å²) in [6.07, 6.45) is 3.07. The molecular formula is C6H11NO2. The van der Waals surface area contributed by atoms with E-state index in [9.17, 15) is 4.91 Å². The summed E-state index contributed by atoms with van der Waals surface area (Å²) in [6, 6.07) is 0. The van der Waals surface area contributed by atoms with Gasteiger partial charge in [-0.05, 0) is 12.8 Å². The molecule has 1 saturated carbocycles. The summed E-state index contributed by atoms with van der Waals surface area (Å²) >= 11 is 0. The van der Waals surface area contributed by atoms with Crippen LogP contribution in [0.15, 0.2) is 5.18 Å². The predicted molar refractivity (Wildman–Crippen MR) is 34.0 cm³/mol. The molecule has 0 amide bonds. The van der Waals surface area contributed by atoms with Gasteiger partial charge in [0, 0.05) is 5.41 Å². The Hall–Kier alpha value is -0.440. The van der Waals surface area contributed by atoms with Crippen molar-refractivity contribution in [2.24, 2.45) is 10.6 Å². The summed E-state index contributed by atoms with van der Waals surface area (Å²) in [7, 11) is 0. The first kappa shape index (κ1) is 6.68. The SMILES string of the molecule is O=NCC1(CO)CCC1. The van der Waals surface area contributed by atoms with Gasteiger partial charge in [-0.1, -0.05) is 11.6 Å². The molecule has 0 atom stereocenters. The van der Waals surface area contributed by atoms with E-state index in [1.807, 2.05) is 0 Å². The van der Waals surface area contributed by atoms with E-state index in [1.165, 1.54) is 0 Å². The number of aliphatic hydroxyl groups excluding tert-OH is 1. The highest BCUT2D eigenvalue weighted by Crippen LogP contribution is 2.40. The van der Waals surface area contributed by atoms with Crippen molar-refractivity contribution in [2.45, 2.75) is 19.3 Å². The van der Waals surface area contributed by atoms with Crippen molar-refractivity contribution in [1.82, 2.24) is 0 Å². The van der Waals surface area contributed by atoms with E-state index in [0.717, 1.165) is 19.3 Å². The molecule has 1 fully saturated rings. The van der Waals surface area contributed by atoms with Gasteiger partial charge in [-0.25, -0.2) is 0 Å². The second kappa shape index (κ2) is 2.43. The lowest BCUT2D eigenvalue weighted by atomic mass is 9.69. The molecule has 9 heavy (non-hydrogen) atoms. The van der Waals surface area contributed by atoms with Crippen LogP contribution in [-0.2, 0) is 0 Å². The topological polar surface area (TPSA) is 49.7 Å². The average molecular weight is 129 g/mol. The molecule has 0 aromatic heterocycles. The lowest BCUT2D eigenvalue weighted by Crippen LogP contribution is -2.35. The molecule has 0 radical (unpaired) electrons. The molecule has 0 heterocycles.